The summed E-state index contributed by atoms with van der Waals surface area (Å²) in [6.45, 7) is 6.13. The Balaban J connectivity index is 1.73. The molecule has 0 bridgehead atoms. The molecule has 1 aliphatic rings. The van der Waals surface area contributed by atoms with Gasteiger partial charge in [-0.2, -0.15) is 0 Å². The number of benzene rings is 2. The molecule has 0 fully saturated rings. The fourth-order valence-corrected chi connectivity index (χ4v) is 5.24. The van der Waals surface area contributed by atoms with Crippen molar-refractivity contribution in [2.45, 2.75) is 33.2 Å². The van der Waals surface area contributed by atoms with Gasteiger partial charge in [-0.15, -0.1) is 10.2 Å². The van der Waals surface area contributed by atoms with Crippen LogP contribution in [0, 0.1) is 12.8 Å². The quantitative estimate of drug-likeness (QED) is 0.420. The van der Waals surface area contributed by atoms with Gasteiger partial charge in [0.05, 0.1) is 24.1 Å². The highest BCUT2D eigenvalue weighted by atomic mass is 32.1. The molecule has 0 N–H and O–H groups in total. The molecule has 4 aromatic rings. The third-order valence-corrected chi connectivity index (χ3v) is 6.65. The number of hydrogen-bond acceptors (Lipinski definition) is 7. The monoisotopic (exact) mass is 461 g/mol. The molecular weight excluding hydrogens is 438 g/mol. The standard InChI is InChI=1S/C25H23N3O4S/c1-13(2)11-19-26-27-25(33-19)28-21(15-6-8-16(31-4)9-7-15)20-22(29)17-12-14(3)5-10-18(17)32-23(20)24(28)30/h5-10,12-13,21H,11H2,1-4H3. The average molecular weight is 462 g/mol. The van der Waals surface area contributed by atoms with Crippen molar-refractivity contribution in [3.05, 3.63) is 80.1 Å². The number of aromatic nitrogens is 2. The lowest BCUT2D eigenvalue weighted by atomic mass is 9.98. The van der Waals surface area contributed by atoms with Gasteiger partial charge >= 0.3 is 0 Å². The van der Waals surface area contributed by atoms with Crippen LogP contribution in [0.1, 0.15) is 52.1 Å². The second kappa shape index (κ2) is 8.12. The Morgan fingerprint density at radius 2 is 1.88 bits per heavy atom. The molecule has 1 atom stereocenters. The Bertz CT molecular complexity index is 1420. The molecule has 2 aromatic carbocycles. The van der Waals surface area contributed by atoms with Crippen LogP contribution in [0.2, 0.25) is 0 Å². The number of rotatable bonds is 5. The summed E-state index contributed by atoms with van der Waals surface area (Å²) in [6.07, 6.45) is 0.764. The minimum absolute atomic E-state index is 0.0535. The summed E-state index contributed by atoms with van der Waals surface area (Å²) in [5.41, 5.74) is 2.22. The highest BCUT2D eigenvalue weighted by Gasteiger charge is 2.45. The molecule has 1 unspecified atom stereocenters. The molecule has 0 radical (unpaired) electrons. The Morgan fingerprint density at radius 1 is 1.12 bits per heavy atom. The first kappa shape index (κ1) is 21.3. The summed E-state index contributed by atoms with van der Waals surface area (Å²) in [7, 11) is 1.59. The average Bonchev–Trinajstić information content (AvgIpc) is 3.36. The van der Waals surface area contributed by atoms with E-state index < -0.39 is 11.9 Å². The normalized spacial score (nSPS) is 15.5. The van der Waals surface area contributed by atoms with E-state index in [9.17, 15) is 9.59 Å². The third kappa shape index (κ3) is 3.60. The van der Waals surface area contributed by atoms with Gasteiger partial charge in [0.1, 0.15) is 16.3 Å². The first-order valence-corrected chi connectivity index (χ1v) is 11.6. The number of amides is 1. The SMILES string of the molecule is COc1ccc(C2c3c(oc4ccc(C)cc4c3=O)C(=O)N2c2nnc(CC(C)C)s2)cc1. The van der Waals surface area contributed by atoms with E-state index in [2.05, 4.69) is 24.0 Å². The molecule has 0 saturated carbocycles. The van der Waals surface area contributed by atoms with E-state index in [-0.39, 0.29) is 11.2 Å². The molecule has 1 aliphatic heterocycles. The number of carbonyl (C=O) groups is 1. The van der Waals surface area contributed by atoms with Crippen molar-refractivity contribution in [2.75, 3.05) is 12.0 Å². The van der Waals surface area contributed by atoms with E-state index in [0.717, 1.165) is 22.6 Å². The van der Waals surface area contributed by atoms with E-state index in [1.54, 1.807) is 19.2 Å². The minimum atomic E-state index is -0.667. The zero-order chi connectivity index (χ0) is 23.3. The molecular formula is C25H23N3O4S. The number of methoxy groups -OCH3 is 1. The van der Waals surface area contributed by atoms with Gasteiger partial charge in [0.2, 0.25) is 10.9 Å². The van der Waals surface area contributed by atoms with Crippen molar-refractivity contribution in [3.8, 4) is 5.75 Å². The van der Waals surface area contributed by atoms with Crippen LogP contribution in [0.3, 0.4) is 0 Å². The van der Waals surface area contributed by atoms with E-state index in [1.165, 1.54) is 16.2 Å². The third-order valence-electron chi connectivity index (χ3n) is 5.70. The lowest BCUT2D eigenvalue weighted by Crippen LogP contribution is -2.29. The summed E-state index contributed by atoms with van der Waals surface area (Å²) in [4.78, 5) is 28.8. The zero-order valence-electron chi connectivity index (χ0n) is 18.8. The molecule has 8 heteroatoms. The van der Waals surface area contributed by atoms with Crippen LogP contribution < -0.4 is 15.1 Å². The molecule has 3 heterocycles. The van der Waals surface area contributed by atoms with Gasteiger partial charge in [0, 0.05) is 6.42 Å². The number of carbonyl (C=O) groups excluding carboxylic acids is 1. The highest BCUT2D eigenvalue weighted by molar-refractivity contribution is 7.15. The van der Waals surface area contributed by atoms with Crippen LogP contribution in [0.4, 0.5) is 5.13 Å². The van der Waals surface area contributed by atoms with Crippen LogP contribution in [-0.2, 0) is 6.42 Å². The van der Waals surface area contributed by atoms with E-state index in [1.807, 2.05) is 37.3 Å². The summed E-state index contributed by atoms with van der Waals surface area (Å²) < 4.78 is 11.3. The predicted molar refractivity (Wildman–Crippen MR) is 127 cm³/mol. The molecule has 168 valence electrons. The maximum atomic E-state index is 13.7. The first-order valence-electron chi connectivity index (χ1n) is 10.7. The van der Waals surface area contributed by atoms with Crippen LogP contribution in [0.25, 0.3) is 11.0 Å². The van der Waals surface area contributed by atoms with E-state index in [0.29, 0.717) is 33.3 Å². The van der Waals surface area contributed by atoms with Crippen LogP contribution in [0.15, 0.2) is 51.7 Å². The topological polar surface area (TPSA) is 85.5 Å². The maximum Gasteiger partial charge on any atom is 0.297 e. The van der Waals surface area contributed by atoms with Crippen LogP contribution >= 0.6 is 11.3 Å². The number of anilines is 1. The van der Waals surface area contributed by atoms with Crippen molar-refractivity contribution in [1.82, 2.24) is 10.2 Å². The molecule has 0 spiro atoms. The Hall–Kier alpha value is -3.52. The van der Waals surface area contributed by atoms with Gasteiger partial charge in [0.25, 0.3) is 5.91 Å². The van der Waals surface area contributed by atoms with Gasteiger partial charge in [-0.05, 0) is 42.7 Å². The lowest BCUT2D eigenvalue weighted by molar-refractivity contribution is 0.0970. The smallest absolute Gasteiger partial charge is 0.297 e. The molecule has 7 nitrogen and oxygen atoms in total. The van der Waals surface area contributed by atoms with Gasteiger partial charge in [-0.25, -0.2) is 0 Å². The lowest BCUT2D eigenvalue weighted by Gasteiger charge is -2.22. The fourth-order valence-electron chi connectivity index (χ4n) is 4.16. The van der Waals surface area contributed by atoms with E-state index >= 15 is 0 Å². The number of aryl methyl sites for hydroxylation is 1. The molecule has 0 aliphatic carbocycles. The van der Waals surface area contributed by atoms with Crippen molar-refractivity contribution in [1.29, 1.82) is 0 Å². The number of nitrogens with zero attached hydrogens (tertiary/aromatic N) is 3. The largest absolute Gasteiger partial charge is 0.497 e. The summed E-state index contributed by atoms with van der Waals surface area (Å²) in [6, 6.07) is 12.1. The second-order valence-electron chi connectivity index (χ2n) is 8.60. The fraction of sp³-hybridized carbons (Fsp3) is 0.280. The predicted octanol–water partition coefficient (Wildman–Crippen LogP) is 4.91. The number of hydrogen-bond donors (Lipinski definition) is 0. The molecule has 5 rings (SSSR count). The van der Waals surface area contributed by atoms with Gasteiger partial charge < -0.3 is 9.15 Å². The van der Waals surface area contributed by atoms with Gasteiger partial charge in [0.15, 0.2) is 5.43 Å². The number of fused-ring (bicyclic) bond motifs is 2. The Labute approximate surface area is 194 Å². The van der Waals surface area contributed by atoms with Crippen molar-refractivity contribution in [3.63, 3.8) is 0 Å². The molecule has 2 aromatic heterocycles. The van der Waals surface area contributed by atoms with Gasteiger partial charge in [-0.3, -0.25) is 14.5 Å². The number of ether oxygens (including phenoxy) is 1. The minimum Gasteiger partial charge on any atom is -0.497 e. The first-order chi connectivity index (χ1) is 15.9. The molecule has 0 saturated heterocycles. The summed E-state index contributed by atoms with van der Waals surface area (Å²) in [5, 5.41) is 10.4. The highest BCUT2D eigenvalue weighted by Crippen LogP contribution is 2.42. The zero-order valence-corrected chi connectivity index (χ0v) is 19.6. The maximum absolute atomic E-state index is 13.7. The Morgan fingerprint density at radius 3 is 2.58 bits per heavy atom. The van der Waals surface area contributed by atoms with Gasteiger partial charge in [-0.1, -0.05) is 48.9 Å². The summed E-state index contributed by atoms with van der Waals surface area (Å²) in [5.74, 6) is 0.757. The molecule has 1 amide bonds. The second-order valence-corrected chi connectivity index (χ2v) is 9.64. The summed E-state index contributed by atoms with van der Waals surface area (Å²) >= 11 is 1.37. The van der Waals surface area contributed by atoms with Crippen LogP contribution in [0.5, 0.6) is 5.75 Å². The van der Waals surface area contributed by atoms with Crippen molar-refractivity contribution in [2.24, 2.45) is 5.92 Å². The van der Waals surface area contributed by atoms with Crippen molar-refractivity contribution < 1.29 is 13.9 Å². The molecule has 33 heavy (non-hydrogen) atoms. The van der Waals surface area contributed by atoms with Crippen molar-refractivity contribution >= 4 is 33.3 Å². The van der Waals surface area contributed by atoms with Crippen LogP contribution in [-0.4, -0.2) is 23.2 Å². The van der Waals surface area contributed by atoms with E-state index in [4.69, 9.17) is 9.15 Å². The Kier molecular flexibility index (Phi) is 5.25.